The summed E-state index contributed by atoms with van der Waals surface area (Å²) in [4.78, 5) is 0. The number of hydrogen-bond donors (Lipinski definition) is 1. The summed E-state index contributed by atoms with van der Waals surface area (Å²) in [6, 6.07) is 4.00. The molecule has 2 heterocycles. The Bertz CT molecular complexity index is 545. The van der Waals surface area contributed by atoms with E-state index in [-0.39, 0.29) is 0 Å². The minimum absolute atomic E-state index is 0.618. The first-order valence-corrected chi connectivity index (χ1v) is 6.97. The molecule has 104 valence electrons. The van der Waals surface area contributed by atoms with Crippen LogP contribution in [0.2, 0.25) is 5.02 Å². The number of aromatic nitrogens is 2. The number of rotatable bonds is 6. The highest BCUT2D eigenvalue weighted by molar-refractivity contribution is 6.31. The van der Waals surface area contributed by atoms with E-state index in [4.69, 9.17) is 16.0 Å². The minimum atomic E-state index is 0.618. The first-order valence-electron chi connectivity index (χ1n) is 6.59. The third-order valence-electron chi connectivity index (χ3n) is 3.04. The molecular weight excluding hydrogens is 262 g/mol. The van der Waals surface area contributed by atoms with Crippen LogP contribution in [0.15, 0.2) is 16.5 Å². The van der Waals surface area contributed by atoms with Gasteiger partial charge in [-0.05, 0) is 38.9 Å². The molecular formula is C14H20ClN3O. The molecule has 5 heteroatoms. The van der Waals surface area contributed by atoms with Gasteiger partial charge in [0.15, 0.2) is 0 Å². The normalized spacial score (nSPS) is 11.2. The summed E-state index contributed by atoms with van der Waals surface area (Å²) in [6.07, 6.45) is 1.12. The van der Waals surface area contributed by atoms with Crippen LogP contribution in [0.25, 0.3) is 0 Å². The first kappa shape index (κ1) is 14.2. The van der Waals surface area contributed by atoms with Crippen LogP contribution in [0.1, 0.15) is 36.3 Å². The summed E-state index contributed by atoms with van der Waals surface area (Å²) < 4.78 is 7.65. The second-order valence-corrected chi connectivity index (χ2v) is 5.07. The van der Waals surface area contributed by atoms with Gasteiger partial charge in [-0.15, -0.1) is 0 Å². The highest BCUT2D eigenvalue weighted by atomic mass is 35.5. The number of nitrogens with one attached hydrogen (secondary N) is 1. The Labute approximate surface area is 118 Å². The van der Waals surface area contributed by atoms with E-state index < -0.39 is 0 Å². The van der Waals surface area contributed by atoms with Gasteiger partial charge in [-0.1, -0.05) is 18.5 Å². The Balaban J connectivity index is 2.01. The predicted octanol–water partition coefficient (Wildman–Crippen LogP) is 3.29. The second kappa shape index (κ2) is 6.26. The summed E-state index contributed by atoms with van der Waals surface area (Å²) in [5, 5.41) is 8.45. The summed E-state index contributed by atoms with van der Waals surface area (Å²) in [5.41, 5.74) is 1.83. The second-order valence-electron chi connectivity index (χ2n) is 4.69. The van der Waals surface area contributed by atoms with Crippen LogP contribution < -0.4 is 5.32 Å². The van der Waals surface area contributed by atoms with Gasteiger partial charge in [-0.3, -0.25) is 4.68 Å². The lowest BCUT2D eigenvalue weighted by Gasteiger charge is -2.02. The molecule has 0 aliphatic rings. The van der Waals surface area contributed by atoms with Crippen molar-refractivity contribution in [2.75, 3.05) is 6.54 Å². The highest BCUT2D eigenvalue weighted by Gasteiger charge is 2.11. The smallest absolute Gasteiger partial charge is 0.125 e. The van der Waals surface area contributed by atoms with E-state index in [1.165, 1.54) is 0 Å². The van der Waals surface area contributed by atoms with Gasteiger partial charge < -0.3 is 9.73 Å². The fourth-order valence-corrected chi connectivity index (χ4v) is 2.10. The summed E-state index contributed by atoms with van der Waals surface area (Å²) in [7, 11) is 0. The molecule has 0 atom stereocenters. The van der Waals surface area contributed by atoms with Crippen molar-refractivity contribution in [2.24, 2.45) is 0 Å². The summed E-state index contributed by atoms with van der Waals surface area (Å²) >= 11 is 6.13. The molecule has 0 aromatic carbocycles. The number of furan rings is 1. The predicted molar refractivity (Wildman–Crippen MR) is 76.5 cm³/mol. The van der Waals surface area contributed by atoms with Crippen molar-refractivity contribution in [3.8, 4) is 0 Å². The van der Waals surface area contributed by atoms with Crippen molar-refractivity contribution in [2.45, 2.75) is 40.3 Å². The maximum absolute atomic E-state index is 6.13. The van der Waals surface area contributed by atoms with Crippen LogP contribution in [-0.4, -0.2) is 16.3 Å². The van der Waals surface area contributed by atoms with Crippen LogP contribution in [0.3, 0.4) is 0 Å². The first-order chi connectivity index (χ1) is 9.11. The SMILES string of the molecule is CCCNCc1ccc(Cn2nc(C)c(Cl)c2C)o1. The zero-order valence-corrected chi connectivity index (χ0v) is 12.4. The third-order valence-corrected chi connectivity index (χ3v) is 3.59. The van der Waals surface area contributed by atoms with Crippen LogP contribution in [0.5, 0.6) is 0 Å². The van der Waals surface area contributed by atoms with E-state index in [1.807, 2.05) is 30.7 Å². The molecule has 19 heavy (non-hydrogen) atoms. The van der Waals surface area contributed by atoms with Crippen molar-refractivity contribution >= 4 is 11.6 Å². The summed E-state index contributed by atoms with van der Waals surface area (Å²) in [5.74, 6) is 1.85. The zero-order chi connectivity index (χ0) is 13.8. The molecule has 0 aliphatic carbocycles. The molecule has 0 aliphatic heterocycles. The number of hydrogen-bond acceptors (Lipinski definition) is 3. The van der Waals surface area contributed by atoms with Gasteiger partial charge in [0.25, 0.3) is 0 Å². The lowest BCUT2D eigenvalue weighted by Crippen LogP contribution is -2.13. The maximum Gasteiger partial charge on any atom is 0.125 e. The Morgan fingerprint density at radius 1 is 1.32 bits per heavy atom. The molecule has 0 radical (unpaired) electrons. The van der Waals surface area contributed by atoms with Gasteiger partial charge in [0.2, 0.25) is 0 Å². The Hall–Kier alpha value is -1.26. The van der Waals surface area contributed by atoms with Crippen molar-refractivity contribution in [3.63, 3.8) is 0 Å². The van der Waals surface area contributed by atoms with Crippen LogP contribution in [0.4, 0.5) is 0 Å². The minimum Gasteiger partial charge on any atom is -0.463 e. The molecule has 0 bridgehead atoms. The maximum atomic E-state index is 6.13. The van der Waals surface area contributed by atoms with Gasteiger partial charge in [-0.2, -0.15) is 5.10 Å². The quantitative estimate of drug-likeness (QED) is 0.826. The van der Waals surface area contributed by atoms with E-state index in [2.05, 4.69) is 17.3 Å². The molecule has 2 aromatic rings. The van der Waals surface area contributed by atoms with E-state index >= 15 is 0 Å². The lowest BCUT2D eigenvalue weighted by molar-refractivity contribution is 0.428. The molecule has 1 N–H and O–H groups in total. The number of nitrogens with zero attached hydrogens (tertiary/aromatic N) is 2. The average molecular weight is 282 g/mol. The van der Waals surface area contributed by atoms with Crippen molar-refractivity contribution in [1.82, 2.24) is 15.1 Å². The molecule has 4 nitrogen and oxygen atoms in total. The standard InChI is InChI=1S/C14H20ClN3O/c1-4-7-16-8-12-5-6-13(19-12)9-18-11(3)14(15)10(2)17-18/h5-6,16H,4,7-9H2,1-3H3. The van der Waals surface area contributed by atoms with Gasteiger partial charge in [0, 0.05) is 0 Å². The van der Waals surface area contributed by atoms with Crippen molar-refractivity contribution in [1.29, 1.82) is 0 Å². The molecule has 0 saturated heterocycles. The monoisotopic (exact) mass is 281 g/mol. The van der Waals surface area contributed by atoms with Gasteiger partial charge in [0.1, 0.15) is 11.5 Å². The number of halogens is 1. The molecule has 0 saturated carbocycles. The van der Waals surface area contributed by atoms with E-state index in [0.717, 1.165) is 47.4 Å². The zero-order valence-electron chi connectivity index (χ0n) is 11.7. The molecule has 0 fully saturated rings. The Morgan fingerprint density at radius 3 is 2.68 bits per heavy atom. The fraction of sp³-hybridized carbons (Fsp3) is 0.500. The van der Waals surface area contributed by atoms with Gasteiger partial charge in [0.05, 0.1) is 29.5 Å². The molecule has 2 aromatic heterocycles. The Morgan fingerprint density at radius 2 is 2.05 bits per heavy atom. The third kappa shape index (κ3) is 3.39. The molecule has 2 rings (SSSR count). The van der Waals surface area contributed by atoms with Crippen LogP contribution in [-0.2, 0) is 13.1 Å². The van der Waals surface area contributed by atoms with Gasteiger partial charge in [-0.25, -0.2) is 0 Å². The van der Waals surface area contributed by atoms with E-state index in [9.17, 15) is 0 Å². The average Bonchev–Trinajstić information content (AvgIpc) is 2.92. The fourth-order valence-electron chi connectivity index (χ4n) is 1.97. The van der Waals surface area contributed by atoms with Crippen molar-refractivity contribution < 1.29 is 4.42 Å². The topological polar surface area (TPSA) is 43.0 Å². The number of aryl methyl sites for hydroxylation is 1. The van der Waals surface area contributed by atoms with Crippen LogP contribution in [0, 0.1) is 13.8 Å². The molecule has 0 unspecified atom stereocenters. The molecule has 0 amide bonds. The Kier molecular flexibility index (Phi) is 4.66. The lowest BCUT2D eigenvalue weighted by atomic mass is 10.4. The van der Waals surface area contributed by atoms with Crippen molar-refractivity contribution in [3.05, 3.63) is 40.1 Å². The van der Waals surface area contributed by atoms with E-state index in [0.29, 0.717) is 6.54 Å². The highest BCUT2D eigenvalue weighted by Crippen LogP contribution is 2.20. The largest absolute Gasteiger partial charge is 0.463 e. The summed E-state index contributed by atoms with van der Waals surface area (Å²) in [6.45, 7) is 8.41. The van der Waals surface area contributed by atoms with Gasteiger partial charge >= 0.3 is 0 Å². The molecule has 0 spiro atoms. The van der Waals surface area contributed by atoms with E-state index in [1.54, 1.807) is 0 Å². The van der Waals surface area contributed by atoms with Crippen LogP contribution >= 0.6 is 11.6 Å².